The molecule has 10 heteroatoms. The van der Waals surface area contributed by atoms with Gasteiger partial charge in [-0.3, -0.25) is 4.90 Å². The van der Waals surface area contributed by atoms with Crippen molar-refractivity contribution in [3.8, 4) is 11.8 Å². The molecule has 3 rings (SSSR count). The lowest BCUT2D eigenvalue weighted by molar-refractivity contribution is -0.128. The van der Waals surface area contributed by atoms with E-state index in [0.29, 0.717) is 28.9 Å². The van der Waals surface area contributed by atoms with Gasteiger partial charge in [-0.25, -0.2) is 9.97 Å². The number of methoxy groups -OCH3 is 1. The minimum Gasteiger partial charge on any atom is -0.481 e. The minimum atomic E-state index is -1.41. The summed E-state index contributed by atoms with van der Waals surface area (Å²) in [5, 5.41) is 14.1. The maximum Gasteiger partial charge on any atom is 0.230 e. The fourth-order valence-corrected chi connectivity index (χ4v) is 3.64. The molecule has 0 aromatic carbocycles. The molecule has 2 unspecified atom stereocenters. The molecule has 0 saturated carbocycles. The molecule has 136 valence electrons. The average Bonchev–Trinajstić information content (AvgIpc) is 3.07. The van der Waals surface area contributed by atoms with Gasteiger partial charge in [0.15, 0.2) is 5.13 Å². The Kier molecular flexibility index (Phi) is 5.02. The molecular formula is C15H20FN5O3S. The minimum absolute atomic E-state index is 0.00766. The standard InChI is InChI=1S/C15H20FN5O3S/c1-9-5-15(22,24-12-4-11(23-3)18-8-19-12)7-21(9)6-10-13(16)20-14(17-2)25-10/h4,8-9,22H,5-7H2,1-3H3,(H,17,20). The van der Waals surface area contributed by atoms with E-state index < -0.39 is 11.7 Å². The van der Waals surface area contributed by atoms with E-state index in [4.69, 9.17) is 9.47 Å². The van der Waals surface area contributed by atoms with E-state index in [2.05, 4.69) is 20.3 Å². The number of ether oxygens (including phenoxy) is 2. The highest BCUT2D eigenvalue weighted by molar-refractivity contribution is 7.15. The van der Waals surface area contributed by atoms with Gasteiger partial charge in [-0.05, 0) is 6.92 Å². The number of hydrogen-bond donors (Lipinski definition) is 2. The van der Waals surface area contributed by atoms with Crippen LogP contribution in [0.4, 0.5) is 9.52 Å². The quantitative estimate of drug-likeness (QED) is 0.740. The molecule has 0 bridgehead atoms. The van der Waals surface area contributed by atoms with Crippen molar-refractivity contribution in [3.05, 3.63) is 23.2 Å². The van der Waals surface area contributed by atoms with Crippen LogP contribution in [0.25, 0.3) is 0 Å². The molecule has 8 nitrogen and oxygen atoms in total. The van der Waals surface area contributed by atoms with Gasteiger partial charge in [-0.2, -0.15) is 9.37 Å². The molecule has 1 aliphatic rings. The van der Waals surface area contributed by atoms with Crippen molar-refractivity contribution >= 4 is 16.5 Å². The first-order chi connectivity index (χ1) is 11.9. The Morgan fingerprint density at radius 3 is 2.92 bits per heavy atom. The van der Waals surface area contributed by atoms with Crippen LogP contribution >= 0.6 is 11.3 Å². The number of aliphatic hydroxyl groups is 1. The number of rotatable bonds is 6. The number of β-amino-alcohol motifs (C(OH)–C–C–N with tert-alkyl or cyclic N) is 1. The summed E-state index contributed by atoms with van der Waals surface area (Å²) in [5.74, 6) is -1.32. The summed E-state index contributed by atoms with van der Waals surface area (Å²) in [7, 11) is 3.19. The van der Waals surface area contributed by atoms with Crippen molar-refractivity contribution in [2.75, 3.05) is 26.0 Å². The molecule has 0 spiro atoms. The van der Waals surface area contributed by atoms with Crippen LogP contribution in [0.2, 0.25) is 0 Å². The average molecular weight is 369 g/mol. The smallest absolute Gasteiger partial charge is 0.230 e. The summed E-state index contributed by atoms with van der Waals surface area (Å²) >= 11 is 1.26. The van der Waals surface area contributed by atoms with Crippen molar-refractivity contribution in [2.24, 2.45) is 0 Å². The predicted octanol–water partition coefficient (Wildman–Crippen LogP) is 1.48. The van der Waals surface area contributed by atoms with Crippen LogP contribution in [-0.2, 0) is 6.54 Å². The van der Waals surface area contributed by atoms with E-state index >= 15 is 0 Å². The Balaban J connectivity index is 1.69. The van der Waals surface area contributed by atoms with Gasteiger partial charge in [-0.15, -0.1) is 0 Å². The van der Waals surface area contributed by atoms with E-state index in [1.54, 1.807) is 7.05 Å². The number of likely N-dealkylation sites (tertiary alicyclic amines) is 1. The van der Waals surface area contributed by atoms with Gasteiger partial charge in [0.05, 0.1) is 24.6 Å². The summed E-state index contributed by atoms with van der Waals surface area (Å²) < 4.78 is 24.6. The molecule has 1 saturated heterocycles. The highest BCUT2D eigenvalue weighted by Gasteiger charge is 2.43. The van der Waals surface area contributed by atoms with Crippen LogP contribution in [0, 0.1) is 5.95 Å². The van der Waals surface area contributed by atoms with E-state index in [9.17, 15) is 9.50 Å². The number of halogens is 1. The largest absolute Gasteiger partial charge is 0.481 e. The summed E-state index contributed by atoms with van der Waals surface area (Å²) in [6.45, 7) is 2.54. The zero-order valence-electron chi connectivity index (χ0n) is 14.2. The molecule has 2 aromatic rings. The Bertz CT molecular complexity index is 746. The van der Waals surface area contributed by atoms with Crippen LogP contribution < -0.4 is 14.8 Å². The molecule has 0 radical (unpaired) electrons. The molecular weight excluding hydrogens is 349 g/mol. The number of nitrogens with zero attached hydrogens (tertiary/aromatic N) is 4. The third-order valence-corrected chi connectivity index (χ3v) is 5.05. The van der Waals surface area contributed by atoms with Crippen LogP contribution in [0.1, 0.15) is 18.2 Å². The number of anilines is 1. The second-order valence-electron chi connectivity index (χ2n) is 5.89. The molecule has 1 aliphatic heterocycles. The number of hydrogen-bond acceptors (Lipinski definition) is 9. The first-order valence-corrected chi connectivity index (χ1v) is 8.58. The zero-order chi connectivity index (χ0) is 18.0. The molecule has 0 aliphatic carbocycles. The van der Waals surface area contributed by atoms with Crippen molar-refractivity contribution in [1.29, 1.82) is 0 Å². The topological polar surface area (TPSA) is 92.6 Å². The first-order valence-electron chi connectivity index (χ1n) is 7.77. The molecule has 2 atom stereocenters. The molecule has 3 heterocycles. The second kappa shape index (κ2) is 7.06. The number of thiazole rings is 1. The molecule has 2 aromatic heterocycles. The SMILES string of the molecule is CNc1nc(F)c(CN2CC(O)(Oc3cc(OC)ncn3)CC2C)s1. The summed E-state index contributed by atoms with van der Waals surface area (Å²) in [6, 6.07) is 1.51. The van der Waals surface area contributed by atoms with Gasteiger partial charge < -0.3 is 19.9 Å². The highest BCUT2D eigenvalue weighted by Crippen LogP contribution is 2.32. The normalized spacial score (nSPS) is 23.6. The summed E-state index contributed by atoms with van der Waals surface area (Å²) in [4.78, 5) is 14.2. The number of nitrogens with one attached hydrogen (secondary N) is 1. The monoisotopic (exact) mass is 369 g/mol. The third-order valence-electron chi connectivity index (χ3n) is 4.02. The van der Waals surface area contributed by atoms with E-state index in [-0.39, 0.29) is 18.5 Å². The van der Waals surface area contributed by atoms with E-state index in [1.165, 1.54) is 30.8 Å². The fourth-order valence-electron chi connectivity index (χ4n) is 2.82. The van der Waals surface area contributed by atoms with Gasteiger partial charge in [0.2, 0.25) is 23.5 Å². The van der Waals surface area contributed by atoms with Crippen molar-refractivity contribution in [3.63, 3.8) is 0 Å². The van der Waals surface area contributed by atoms with Crippen LogP contribution in [0.5, 0.6) is 11.8 Å². The maximum atomic E-state index is 13.9. The van der Waals surface area contributed by atoms with Crippen LogP contribution in [0.15, 0.2) is 12.4 Å². The zero-order valence-corrected chi connectivity index (χ0v) is 15.0. The lowest BCUT2D eigenvalue weighted by Crippen LogP contribution is -2.39. The van der Waals surface area contributed by atoms with Crippen LogP contribution in [0.3, 0.4) is 0 Å². The Morgan fingerprint density at radius 2 is 2.24 bits per heavy atom. The van der Waals surface area contributed by atoms with E-state index in [1.807, 2.05) is 11.8 Å². The second-order valence-corrected chi connectivity index (χ2v) is 6.97. The summed E-state index contributed by atoms with van der Waals surface area (Å²) in [5.41, 5.74) is 0. The Hall–Kier alpha value is -2.04. The van der Waals surface area contributed by atoms with E-state index in [0.717, 1.165) is 0 Å². The molecule has 25 heavy (non-hydrogen) atoms. The van der Waals surface area contributed by atoms with Crippen LogP contribution in [-0.4, -0.2) is 57.5 Å². The van der Waals surface area contributed by atoms with Gasteiger partial charge >= 0.3 is 0 Å². The van der Waals surface area contributed by atoms with Gasteiger partial charge in [-0.1, -0.05) is 11.3 Å². The molecule has 1 fully saturated rings. The van der Waals surface area contributed by atoms with Crippen molar-refractivity contribution in [1.82, 2.24) is 19.9 Å². The van der Waals surface area contributed by atoms with Gasteiger partial charge in [0.25, 0.3) is 0 Å². The highest BCUT2D eigenvalue weighted by atomic mass is 32.1. The van der Waals surface area contributed by atoms with Crippen molar-refractivity contribution in [2.45, 2.75) is 31.7 Å². The molecule has 2 N–H and O–H groups in total. The van der Waals surface area contributed by atoms with Gasteiger partial charge in [0, 0.05) is 26.1 Å². The maximum absolute atomic E-state index is 13.9. The fraction of sp³-hybridized carbons (Fsp3) is 0.533. The third kappa shape index (κ3) is 3.97. The molecule has 0 amide bonds. The first kappa shape index (κ1) is 17.8. The lowest BCUT2D eigenvalue weighted by atomic mass is 10.2. The van der Waals surface area contributed by atoms with Gasteiger partial charge in [0.1, 0.15) is 6.33 Å². The Labute approximate surface area is 148 Å². The van der Waals surface area contributed by atoms with Crippen molar-refractivity contribution < 1.29 is 19.0 Å². The Morgan fingerprint density at radius 1 is 1.48 bits per heavy atom. The predicted molar refractivity (Wildman–Crippen MR) is 90.3 cm³/mol. The lowest BCUT2D eigenvalue weighted by Gasteiger charge is -2.24. The number of aromatic nitrogens is 3. The summed E-state index contributed by atoms with van der Waals surface area (Å²) in [6.07, 6.45) is 1.68.